The standard InChI is InChI=1S/C6H13NO3.ClH/c7-3-1-2-4(8)6(10)5(3)9;/h3-6,8-10H,1-2,7H2;1H/t3-,4+,5+,6+;/m0./s1. The highest BCUT2D eigenvalue weighted by Gasteiger charge is 2.34. The molecular weight excluding hydrogens is 170 g/mol. The van der Waals surface area contributed by atoms with Gasteiger partial charge >= 0.3 is 0 Å². The summed E-state index contributed by atoms with van der Waals surface area (Å²) in [6.45, 7) is 0. The van der Waals surface area contributed by atoms with Crippen LogP contribution in [0.5, 0.6) is 0 Å². The Morgan fingerprint density at radius 1 is 1.00 bits per heavy atom. The molecule has 0 aromatic heterocycles. The number of halogens is 1. The molecule has 1 rings (SSSR count). The molecule has 0 heterocycles. The van der Waals surface area contributed by atoms with Crippen molar-refractivity contribution >= 4 is 12.4 Å². The Kier molecular flexibility index (Phi) is 4.28. The van der Waals surface area contributed by atoms with Gasteiger partial charge in [-0.05, 0) is 12.8 Å². The third-order valence-corrected chi connectivity index (χ3v) is 1.98. The fraction of sp³-hybridized carbons (Fsp3) is 1.00. The molecule has 0 radical (unpaired) electrons. The Bertz CT molecular complexity index is 110. The van der Waals surface area contributed by atoms with Gasteiger partial charge in [0.05, 0.1) is 12.2 Å². The maximum absolute atomic E-state index is 9.08. The molecule has 1 saturated carbocycles. The van der Waals surface area contributed by atoms with Gasteiger partial charge in [-0.1, -0.05) is 0 Å². The van der Waals surface area contributed by atoms with E-state index in [9.17, 15) is 0 Å². The molecule has 0 saturated heterocycles. The molecule has 4 nitrogen and oxygen atoms in total. The number of hydrogen-bond acceptors (Lipinski definition) is 4. The summed E-state index contributed by atoms with van der Waals surface area (Å²) >= 11 is 0. The number of nitrogens with two attached hydrogens (primary N) is 1. The molecule has 11 heavy (non-hydrogen) atoms. The van der Waals surface area contributed by atoms with Gasteiger partial charge < -0.3 is 21.1 Å². The van der Waals surface area contributed by atoms with Gasteiger partial charge in [-0.15, -0.1) is 12.4 Å². The van der Waals surface area contributed by atoms with E-state index in [0.717, 1.165) is 0 Å². The first-order valence-electron chi connectivity index (χ1n) is 3.42. The molecule has 5 N–H and O–H groups in total. The van der Waals surface area contributed by atoms with Crippen LogP contribution in [0.25, 0.3) is 0 Å². The Labute approximate surface area is 71.4 Å². The third kappa shape index (κ3) is 2.28. The van der Waals surface area contributed by atoms with Crippen LogP contribution in [-0.4, -0.2) is 39.7 Å². The number of aliphatic hydroxyl groups is 3. The van der Waals surface area contributed by atoms with Crippen molar-refractivity contribution in [2.75, 3.05) is 0 Å². The van der Waals surface area contributed by atoms with E-state index in [4.69, 9.17) is 21.1 Å². The molecule has 0 spiro atoms. The van der Waals surface area contributed by atoms with E-state index in [1.165, 1.54) is 0 Å². The van der Waals surface area contributed by atoms with Gasteiger partial charge in [-0.3, -0.25) is 0 Å². The maximum Gasteiger partial charge on any atom is 0.107 e. The van der Waals surface area contributed by atoms with Crippen LogP contribution < -0.4 is 5.73 Å². The fourth-order valence-electron chi connectivity index (χ4n) is 1.19. The zero-order valence-corrected chi connectivity index (χ0v) is 6.87. The second-order valence-corrected chi connectivity index (χ2v) is 2.79. The van der Waals surface area contributed by atoms with E-state index in [1.807, 2.05) is 0 Å². The van der Waals surface area contributed by atoms with E-state index in [-0.39, 0.29) is 12.4 Å². The minimum atomic E-state index is -1.07. The first kappa shape index (κ1) is 11.1. The molecule has 5 heteroatoms. The average molecular weight is 184 g/mol. The average Bonchev–Trinajstić information content (AvgIpc) is 1.93. The van der Waals surface area contributed by atoms with E-state index >= 15 is 0 Å². The van der Waals surface area contributed by atoms with Gasteiger partial charge in [0, 0.05) is 6.04 Å². The summed E-state index contributed by atoms with van der Waals surface area (Å²) < 4.78 is 0. The summed E-state index contributed by atoms with van der Waals surface area (Å²) in [5, 5.41) is 27.1. The van der Waals surface area contributed by atoms with Crippen molar-refractivity contribution in [1.82, 2.24) is 0 Å². The lowest BCUT2D eigenvalue weighted by molar-refractivity contribution is -0.0924. The van der Waals surface area contributed by atoms with Crippen LogP contribution in [0.15, 0.2) is 0 Å². The minimum absolute atomic E-state index is 0. The highest BCUT2D eigenvalue weighted by molar-refractivity contribution is 5.85. The summed E-state index contributed by atoms with van der Waals surface area (Å²) in [5.74, 6) is 0. The largest absolute Gasteiger partial charge is 0.390 e. The Hall–Kier alpha value is 0.130. The van der Waals surface area contributed by atoms with Crippen LogP contribution in [-0.2, 0) is 0 Å². The predicted octanol–water partition coefficient (Wildman–Crippen LogP) is -1.39. The van der Waals surface area contributed by atoms with Crippen molar-refractivity contribution in [3.63, 3.8) is 0 Å². The number of aliphatic hydroxyl groups excluding tert-OH is 3. The second-order valence-electron chi connectivity index (χ2n) is 2.79. The number of rotatable bonds is 0. The molecular formula is C6H14ClNO3. The quantitative estimate of drug-likeness (QED) is 0.373. The molecule has 0 unspecified atom stereocenters. The molecule has 0 amide bonds. The monoisotopic (exact) mass is 183 g/mol. The van der Waals surface area contributed by atoms with Crippen LogP contribution in [0, 0.1) is 0 Å². The van der Waals surface area contributed by atoms with E-state index in [1.54, 1.807) is 0 Å². The smallest absolute Gasteiger partial charge is 0.107 e. The van der Waals surface area contributed by atoms with E-state index in [2.05, 4.69) is 0 Å². The van der Waals surface area contributed by atoms with Crippen molar-refractivity contribution in [3.05, 3.63) is 0 Å². The van der Waals surface area contributed by atoms with Crippen LogP contribution in [0.1, 0.15) is 12.8 Å². The lowest BCUT2D eigenvalue weighted by Gasteiger charge is -2.32. The summed E-state index contributed by atoms with van der Waals surface area (Å²) in [7, 11) is 0. The van der Waals surface area contributed by atoms with Crippen LogP contribution in [0.3, 0.4) is 0 Å². The normalized spacial score (nSPS) is 44.7. The zero-order valence-electron chi connectivity index (χ0n) is 6.05. The van der Waals surface area contributed by atoms with Crippen LogP contribution in [0.2, 0.25) is 0 Å². The molecule has 1 fully saturated rings. The third-order valence-electron chi connectivity index (χ3n) is 1.98. The summed E-state index contributed by atoms with van der Waals surface area (Å²) in [6.07, 6.45) is -1.80. The maximum atomic E-state index is 9.08. The van der Waals surface area contributed by atoms with Crippen molar-refractivity contribution in [2.24, 2.45) is 5.73 Å². The molecule has 1 aliphatic rings. The van der Waals surface area contributed by atoms with Crippen LogP contribution >= 0.6 is 12.4 Å². The predicted molar refractivity (Wildman–Crippen MR) is 42.5 cm³/mol. The summed E-state index contributed by atoms with van der Waals surface area (Å²) in [4.78, 5) is 0. The van der Waals surface area contributed by atoms with Crippen molar-refractivity contribution in [2.45, 2.75) is 37.2 Å². The SMILES string of the molecule is Cl.N[C@H]1CC[C@@H](O)[C@@H](O)[C@@H]1O. The first-order valence-corrected chi connectivity index (χ1v) is 3.42. The topological polar surface area (TPSA) is 86.7 Å². The van der Waals surface area contributed by atoms with Gasteiger partial charge in [0.15, 0.2) is 0 Å². The second kappa shape index (κ2) is 4.23. The lowest BCUT2D eigenvalue weighted by Crippen LogP contribution is -2.52. The molecule has 1 aliphatic carbocycles. The molecule has 0 aromatic rings. The summed E-state index contributed by atoms with van der Waals surface area (Å²) in [5.41, 5.74) is 5.41. The minimum Gasteiger partial charge on any atom is -0.390 e. The molecule has 68 valence electrons. The van der Waals surface area contributed by atoms with E-state index in [0.29, 0.717) is 12.8 Å². The first-order chi connectivity index (χ1) is 4.63. The zero-order chi connectivity index (χ0) is 7.72. The Morgan fingerprint density at radius 3 is 2.00 bits per heavy atom. The van der Waals surface area contributed by atoms with Crippen molar-refractivity contribution in [3.8, 4) is 0 Å². The Morgan fingerprint density at radius 2 is 1.55 bits per heavy atom. The Balaban J connectivity index is 0.000001000. The molecule has 0 bridgehead atoms. The van der Waals surface area contributed by atoms with Crippen LogP contribution in [0.4, 0.5) is 0 Å². The van der Waals surface area contributed by atoms with Gasteiger partial charge in [-0.25, -0.2) is 0 Å². The van der Waals surface area contributed by atoms with Gasteiger partial charge in [0.2, 0.25) is 0 Å². The van der Waals surface area contributed by atoms with E-state index < -0.39 is 24.4 Å². The fourth-order valence-corrected chi connectivity index (χ4v) is 1.19. The summed E-state index contributed by atoms with van der Waals surface area (Å²) in [6, 6.07) is -0.390. The highest BCUT2D eigenvalue weighted by Crippen LogP contribution is 2.17. The van der Waals surface area contributed by atoms with Gasteiger partial charge in [-0.2, -0.15) is 0 Å². The van der Waals surface area contributed by atoms with Gasteiger partial charge in [0.1, 0.15) is 6.10 Å². The van der Waals surface area contributed by atoms with Crippen molar-refractivity contribution < 1.29 is 15.3 Å². The highest BCUT2D eigenvalue weighted by atomic mass is 35.5. The lowest BCUT2D eigenvalue weighted by atomic mass is 9.88. The van der Waals surface area contributed by atoms with Crippen molar-refractivity contribution in [1.29, 1.82) is 0 Å². The number of hydrogen-bond donors (Lipinski definition) is 4. The molecule has 4 atom stereocenters. The van der Waals surface area contributed by atoms with Gasteiger partial charge in [0.25, 0.3) is 0 Å². The molecule has 0 aliphatic heterocycles. The molecule has 0 aromatic carbocycles.